The Balaban J connectivity index is 1.52. The molecule has 2 rings (SSSR count). The van der Waals surface area contributed by atoms with Crippen LogP contribution in [0.15, 0.2) is 54.6 Å². The number of benzene rings is 2. The smallest absolute Gasteiger partial charge is 0.361 e. The Morgan fingerprint density at radius 1 is 0.758 bits per heavy atom. The fraction of sp³-hybridized carbons (Fsp3) is 0.552. The predicted octanol–water partition coefficient (Wildman–Crippen LogP) is 6.57. The van der Waals surface area contributed by atoms with Gasteiger partial charge >= 0.3 is 5.97 Å². The van der Waals surface area contributed by atoms with Crippen molar-refractivity contribution in [2.75, 3.05) is 33.9 Å². The van der Waals surface area contributed by atoms with E-state index in [-0.39, 0.29) is 5.97 Å². The molecule has 0 bridgehead atoms. The van der Waals surface area contributed by atoms with Crippen molar-refractivity contribution in [3.63, 3.8) is 0 Å². The Morgan fingerprint density at radius 2 is 1.42 bits per heavy atom. The van der Waals surface area contributed by atoms with Crippen molar-refractivity contribution in [2.45, 2.75) is 71.3 Å². The number of nitrogens with zero attached hydrogens (tertiary/aromatic N) is 1. The van der Waals surface area contributed by atoms with Gasteiger partial charge in [-0.3, -0.25) is 0 Å². The van der Waals surface area contributed by atoms with Crippen molar-refractivity contribution in [2.24, 2.45) is 0 Å². The summed E-state index contributed by atoms with van der Waals surface area (Å²) in [5.74, 6) is 0.774. The summed E-state index contributed by atoms with van der Waals surface area (Å²) in [5.41, 5.74) is 2.61. The maximum Gasteiger partial charge on any atom is 0.361 e. The number of aryl methyl sites for hydroxylation is 1. The van der Waals surface area contributed by atoms with Crippen molar-refractivity contribution in [1.82, 2.24) is 0 Å². The number of ether oxygens (including phenoxy) is 2. The van der Waals surface area contributed by atoms with Gasteiger partial charge in [-0.15, -0.1) is 0 Å². The number of carbonyl (C=O) groups excluding carboxylic acids is 1. The molecule has 0 saturated heterocycles. The molecule has 0 saturated carbocycles. The predicted molar refractivity (Wildman–Crippen MR) is 136 cm³/mol. The largest absolute Gasteiger partial charge is 0.494 e. The Hall–Kier alpha value is -2.33. The zero-order chi connectivity index (χ0) is 23.8. The topological polar surface area (TPSA) is 35.5 Å². The van der Waals surface area contributed by atoms with Gasteiger partial charge in [0.25, 0.3) is 0 Å². The average Bonchev–Trinajstić information content (AvgIpc) is 2.79. The minimum atomic E-state index is -0.141. The van der Waals surface area contributed by atoms with Crippen LogP contribution in [0, 0.1) is 0 Å². The summed E-state index contributed by atoms with van der Waals surface area (Å²) in [5, 5.41) is 0. The highest BCUT2D eigenvalue weighted by Gasteiger charge is 2.21. The van der Waals surface area contributed by atoms with Gasteiger partial charge in [-0.05, 0) is 43.4 Å². The number of hydrogen-bond acceptors (Lipinski definition) is 3. The van der Waals surface area contributed by atoms with Gasteiger partial charge in [0.2, 0.25) is 0 Å². The first-order valence-electron chi connectivity index (χ1n) is 12.7. The molecular formula is C29H44NO3+. The van der Waals surface area contributed by atoms with E-state index in [0.29, 0.717) is 24.2 Å². The molecule has 0 aromatic heterocycles. The van der Waals surface area contributed by atoms with Gasteiger partial charge in [-0.1, -0.05) is 81.5 Å². The van der Waals surface area contributed by atoms with Gasteiger partial charge in [-0.2, -0.15) is 0 Å². The van der Waals surface area contributed by atoms with E-state index < -0.39 is 0 Å². The van der Waals surface area contributed by atoms with E-state index >= 15 is 0 Å². The lowest BCUT2D eigenvalue weighted by atomic mass is 10.0. The summed E-state index contributed by atoms with van der Waals surface area (Å²) in [4.78, 5) is 12.2. The van der Waals surface area contributed by atoms with E-state index in [9.17, 15) is 4.79 Å². The maximum atomic E-state index is 12.2. The molecule has 0 radical (unpaired) electrons. The summed E-state index contributed by atoms with van der Waals surface area (Å²) in [7, 11) is 4.11. The highest BCUT2D eigenvalue weighted by atomic mass is 16.5. The second-order valence-corrected chi connectivity index (χ2v) is 9.68. The Kier molecular flexibility index (Phi) is 12.6. The van der Waals surface area contributed by atoms with Crippen LogP contribution in [0.4, 0.5) is 0 Å². The zero-order valence-electron chi connectivity index (χ0n) is 21.1. The molecule has 182 valence electrons. The number of hydrogen-bond donors (Lipinski definition) is 0. The summed E-state index contributed by atoms with van der Waals surface area (Å²) in [6, 6.07) is 18.7. The van der Waals surface area contributed by atoms with Crippen LogP contribution in [-0.2, 0) is 22.5 Å². The zero-order valence-corrected chi connectivity index (χ0v) is 21.1. The first kappa shape index (κ1) is 26.9. The lowest BCUT2D eigenvalue weighted by molar-refractivity contribution is -0.896. The monoisotopic (exact) mass is 454 g/mol. The van der Waals surface area contributed by atoms with Crippen LogP contribution in [-0.4, -0.2) is 44.3 Å². The number of esters is 1. The molecule has 0 heterocycles. The standard InChI is InChI=1S/C29H44NO3/c1-4-5-6-7-8-10-15-26-18-20-28(21-19-26)32-22-13-14-23-33-29(31)25-30(2,3)24-27-16-11-9-12-17-27/h9,11-12,16-21H,4-8,10,13-15,22-25H2,1-3H3/q+1. The lowest BCUT2D eigenvalue weighted by Gasteiger charge is -2.28. The van der Waals surface area contributed by atoms with Crippen molar-refractivity contribution >= 4 is 5.97 Å². The molecule has 33 heavy (non-hydrogen) atoms. The number of carbonyl (C=O) groups is 1. The molecule has 0 aliphatic rings. The molecule has 0 amide bonds. The molecule has 0 unspecified atom stereocenters. The van der Waals surface area contributed by atoms with Gasteiger partial charge in [-0.25, -0.2) is 4.79 Å². The van der Waals surface area contributed by atoms with E-state index in [0.717, 1.165) is 31.6 Å². The molecule has 2 aromatic carbocycles. The van der Waals surface area contributed by atoms with Crippen LogP contribution >= 0.6 is 0 Å². The average molecular weight is 455 g/mol. The fourth-order valence-electron chi connectivity index (χ4n) is 3.97. The van der Waals surface area contributed by atoms with E-state index in [2.05, 4.69) is 57.4 Å². The maximum absolute atomic E-state index is 12.2. The lowest BCUT2D eigenvalue weighted by Crippen LogP contribution is -2.43. The summed E-state index contributed by atoms with van der Waals surface area (Å²) in [6.07, 6.45) is 10.8. The Bertz CT molecular complexity index is 771. The molecule has 4 nitrogen and oxygen atoms in total. The third kappa shape index (κ3) is 12.5. The van der Waals surface area contributed by atoms with Crippen LogP contribution in [0.1, 0.15) is 69.4 Å². The SMILES string of the molecule is CCCCCCCCc1ccc(OCCCCOC(=O)C[N+](C)(C)Cc2ccccc2)cc1. The summed E-state index contributed by atoms with van der Waals surface area (Å²) in [6.45, 7) is 4.53. The molecular weight excluding hydrogens is 410 g/mol. The Labute approximate surface area is 201 Å². The highest BCUT2D eigenvalue weighted by molar-refractivity contribution is 5.70. The van der Waals surface area contributed by atoms with E-state index in [4.69, 9.17) is 9.47 Å². The van der Waals surface area contributed by atoms with Gasteiger partial charge in [0.1, 0.15) is 12.3 Å². The van der Waals surface area contributed by atoms with Crippen LogP contribution in [0.3, 0.4) is 0 Å². The van der Waals surface area contributed by atoms with Crippen LogP contribution in [0.2, 0.25) is 0 Å². The highest BCUT2D eigenvalue weighted by Crippen LogP contribution is 2.16. The molecule has 0 aliphatic carbocycles. The van der Waals surface area contributed by atoms with E-state index in [1.54, 1.807) is 0 Å². The van der Waals surface area contributed by atoms with Gasteiger partial charge < -0.3 is 14.0 Å². The molecule has 0 atom stereocenters. The molecule has 0 fully saturated rings. The summed E-state index contributed by atoms with van der Waals surface area (Å²) < 4.78 is 11.9. The normalized spacial score (nSPS) is 11.4. The fourth-order valence-corrected chi connectivity index (χ4v) is 3.97. The minimum Gasteiger partial charge on any atom is -0.494 e. The Morgan fingerprint density at radius 3 is 2.15 bits per heavy atom. The van der Waals surface area contributed by atoms with Gasteiger partial charge in [0.15, 0.2) is 6.54 Å². The number of unbranched alkanes of at least 4 members (excludes halogenated alkanes) is 6. The molecule has 2 aromatic rings. The minimum absolute atomic E-state index is 0.141. The second kappa shape index (κ2) is 15.5. The van der Waals surface area contributed by atoms with Crippen molar-refractivity contribution in [1.29, 1.82) is 0 Å². The first-order chi connectivity index (χ1) is 16.0. The van der Waals surface area contributed by atoms with Gasteiger partial charge in [0.05, 0.1) is 27.3 Å². The molecule has 0 aliphatic heterocycles. The van der Waals surface area contributed by atoms with E-state index in [1.165, 1.54) is 49.7 Å². The second-order valence-electron chi connectivity index (χ2n) is 9.68. The third-order valence-electron chi connectivity index (χ3n) is 5.82. The number of quaternary nitrogens is 1. The molecule has 0 N–H and O–H groups in total. The van der Waals surface area contributed by atoms with Crippen molar-refractivity contribution in [3.8, 4) is 5.75 Å². The van der Waals surface area contributed by atoms with E-state index in [1.807, 2.05) is 18.2 Å². The van der Waals surface area contributed by atoms with Crippen LogP contribution in [0.25, 0.3) is 0 Å². The third-order valence-corrected chi connectivity index (χ3v) is 5.82. The van der Waals surface area contributed by atoms with Crippen LogP contribution in [0.5, 0.6) is 5.75 Å². The molecule has 0 spiro atoms. The number of likely N-dealkylation sites (N-methyl/N-ethyl adjacent to an activating group) is 1. The number of rotatable bonds is 17. The van der Waals surface area contributed by atoms with Crippen molar-refractivity contribution in [3.05, 3.63) is 65.7 Å². The quantitative estimate of drug-likeness (QED) is 0.154. The van der Waals surface area contributed by atoms with Crippen molar-refractivity contribution < 1.29 is 18.8 Å². The van der Waals surface area contributed by atoms with Gasteiger partial charge in [0, 0.05) is 5.56 Å². The van der Waals surface area contributed by atoms with Crippen LogP contribution < -0.4 is 4.74 Å². The molecule has 4 heteroatoms. The summed E-state index contributed by atoms with van der Waals surface area (Å²) >= 11 is 0. The first-order valence-corrected chi connectivity index (χ1v) is 12.7.